The number of benzene rings is 1. The van der Waals surface area contributed by atoms with Gasteiger partial charge in [-0.25, -0.2) is 12.8 Å². The minimum atomic E-state index is -3.70. The van der Waals surface area contributed by atoms with Crippen molar-refractivity contribution in [2.45, 2.75) is 18.7 Å². The van der Waals surface area contributed by atoms with Crippen LogP contribution in [0.15, 0.2) is 32.9 Å². The Morgan fingerprint density at radius 3 is 2.58 bits per heavy atom. The van der Waals surface area contributed by atoms with Gasteiger partial charge in [0.1, 0.15) is 10.7 Å². The molecular weight excluding hydrogens is 353 g/mol. The van der Waals surface area contributed by atoms with E-state index in [1.165, 1.54) is 42.5 Å². The standard InChI is InChI=1S/C12H11BrFNO2S2/c1-7-9(14)4-3-5-10(7)15-19(16,17)11-6-12(13)18-8(11)2/h3-6,15H,1-2H3. The lowest BCUT2D eigenvalue weighted by atomic mass is 10.2. The Morgan fingerprint density at radius 1 is 1.32 bits per heavy atom. The summed E-state index contributed by atoms with van der Waals surface area (Å²) in [7, 11) is -3.70. The maximum Gasteiger partial charge on any atom is 0.263 e. The summed E-state index contributed by atoms with van der Waals surface area (Å²) < 4.78 is 41.1. The third-order valence-corrected chi connectivity index (χ3v) is 5.82. The average Bonchev–Trinajstić information content (AvgIpc) is 2.65. The zero-order valence-electron chi connectivity index (χ0n) is 10.2. The number of aryl methyl sites for hydroxylation is 1. The molecule has 0 bridgehead atoms. The van der Waals surface area contributed by atoms with Crippen LogP contribution in [-0.2, 0) is 10.0 Å². The van der Waals surface area contributed by atoms with Crippen LogP contribution in [0.2, 0.25) is 0 Å². The van der Waals surface area contributed by atoms with Gasteiger partial charge < -0.3 is 0 Å². The molecular formula is C12H11BrFNO2S2. The molecule has 0 fully saturated rings. The number of nitrogens with one attached hydrogen (secondary N) is 1. The molecule has 0 atom stereocenters. The fourth-order valence-corrected chi connectivity index (χ4v) is 5.15. The van der Waals surface area contributed by atoms with E-state index >= 15 is 0 Å². The number of hydrogen-bond acceptors (Lipinski definition) is 3. The van der Waals surface area contributed by atoms with Crippen molar-refractivity contribution in [3.63, 3.8) is 0 Å². The molecule has 0 aliphatic rings. The van der Waals surface area contributed by atoms with E-state index in [1.807, 2.05) is 0 Å². The van der Waals surface area contributed by atoms with Crippen LogP contribution in [0.1, 0.15) is 10.4 Å². The van der Waals surface area contributed by atoms with E-state index in [2.05, 4.69) is 20.7 Å². The van der Waals surface area contributed by atoms with Crippen molar-refractivity contribution in [1.82, 2.24) is 0 Å². The first-order valence-electron chi connectivity index (χ1n) is 5.35. The lowest BCUT2D eigenvalue weighted by Crippen LogP contribution is -2.14. The van der Waals surface area contributed by atoms with Crippen LogP contribution in [0.25, 0.3) is 0 Å². The van der Waals surface area contributed by atoms with Crippen LogP contribution in [0.5, 0.6) is 0 Å². The lowest BCUT2D eigenvalue weighted by molar-refractivity contribution is 0.600. The molecule has 3 nitrogen and oxygen atoms in total. The zero-order valence-corrected chi connectivity index (χ0v) is 13.4. The van der Waals surface area contributed by atoms with Gasteiger partial charge in [-0.3, -0.25) is 4.72 Å². The summed E-state index contributed by atoms with van der Waals surface area (Å²) in [6.07, 6.45) is 0. The SMILES string of the molecule is Cc1sc(Br)cc1S(=O)(=O)Nc1cccc(F)c1C. The summed E-state index contributed by atoms with van der Waals surface area (Å²) >= 11 is 4.59. The van der Waals surface area contributed by atoms with E-state index in [0.29, 0.717) is 4.88 Å². The van der Waals surface area contributed by atoms with Gasteiger partial charge in [0.15, 0.2) is 0 Å². The zero-order chi connectivity index (χ0) is 14.2. The number of halogens is 2. The van der Waals surface area contributed by atoms with Crippen molar-refractivity contribution >= 4 is 43.0 Å². The summed E-state index contributed by atoms with van der Waals surface area (Å²) in [5.74, 6) is -0.441. The van der Waals surface area contributed by atoms with Crippen molar-refractivity contribution in [2.75, 3.05) is 4.72 Å². The third-order valence-electron chi connectivity index (χ3n) is 2.64. The first-order valence-corrected chi connectivity index (χ1v) is 8.44. The molecule has 0 aliphatic carbocycles. The van der Waals surface area contributed by atoms with Gasteiger partial charge in [-0.1, -0.05) is 6.07 Å². The highest BCUT2D eigenvalue weighted by Crippen LogP contribution is 2.31. The molecule has 7 heteroatoms. The second-order valence-electron chi connectivity index (χ2n) is 3.99. The Balaban J connectivity index is 2.42. The molecule has 0 amide bonds. The molecule has 1 aromatic carbocycles. The molecule has 0 unspecified atom stereocenters. The Hall–Kier alpha value is -0.920. The third kappa shape index (κ3) is 2.98. The smallest absolute Gasteiger partial charge is 0.263 e. The highest BCUT2D eigenvalue weighted by molar-refractivity contribution is 9.11. The topological polar surface area (TPSA) is 46.2 Å². The Bertz CT molecular complexity index is 725. The highest BCUT2D eigenvalue weighted by Gasteiger charge is 2.20. The molecule has 0 radical (unpaired) electrons. The van der Waals surface area contributed by atoms with Crippen LogP contribution in [0.4, 0.5) is 10.1 Å². The van der Waals surface area contributed by atoms with E-state index in [0.717, 1.165) is 3.79 Å². The summed E-state index contributed by atoms with van der Waals surface area (Å²) in [5, 5.41) is 0. The van der Waals surface area contributed by atoms with Crippen LogP contribution in [0, 0.1) is 19.7 Å². The molecule has 1 N–H and O–H groups in total. The van der Waals surface area contributed by atoms with Crippen LogP contribution < -0.4 is 4.72 Å². The monoisotopic (exact) mass is 363 g/mol. The van der Waals surface area contributed by atoms with E-state index in [9.17, 15) is 12.8 Å². The summed E-state index contributed by atoms with van der Waals surface area (Å²) in [4.78, 5) is 0.876. The number of thiophene rings is 1. The first kappa shape index (κ1) is 14.5. The quantitative estimate of drug-likeness (QED) is 0.893. The van der Waals surface area contributed by atoms with E-state index in [-0.39, 0.29) is 16.1 Å². The van der Waals surface area contributed by atoms with Gasteiger partial charge in [-0.15, -0.1) is 11.3 Å². The van der Waals surface area contributed by atoms with E-state index < -0.39 is 15.8 Å². The second-order valence-corrected chi connectivity index (χ2v) is 8.28. The van der Waals surface area contributed by atoms with Gasteiger partial charge in [0.2, 0.25) is 0 Å². The first-order chi connectivity index (χ1) is 8.81. The van der Waals surface area contributed by atoms with Crippen LogP contribution in [-0.4, -0.2) is 8.42 Å². The van der Waals surface area contributed by atoms with Crippen molar-refractivity contribution in [1.29, 1.82) is 0 Å². The normalized spacial score (nSPS) is 11.6. The lowest BCUT2D eigenvalue weighted by Gasteiger charge is -2.10. The van der Waals surface area contributed by atoms with Gasteiger partial charge in [0.05, 0.1) is 9.47 Å². The van der Waals surface area contributed by atoms with Crippen molar-refractivity contribution in [3.8, 4) is 0 Å². The predicted molar refractivity (Wildman–Crippen MR) is 78.7 cm³/mol. The number of sulfonamides is 1. The van der Waals surface area contributed by atoms with Gasteiger partial charge in [-0.05, 0) is 48.0 Å². The van der Waals surface area contributed by atoms with Crippen molar-refractivity contribution in [2.24, 2.45) is 0 Å². The summed E-state index contributed by atoms with van der Waals surface area (Å²) in [6, 6.07) is 5.83. The number of rotatable bonds is 3. The minimum Gasteiger partial charge on any atom is -0.279 e. The molecule has 2 rings (SSSR count). The van der Waals surface area contributed by atoms with Crippen molar-refractivity contribution < 1.29 is 12.8 Å². The molecule has 102 valence electrons. The summed E-state index contributed by atoms with van der Waals surface area (Å²) in [6.45, 7) is 3.26. The maximum absolute atomic E-state index is 13.4. The van der Waals surface area contributed by atoms with Gasteiger partial charge in [-0.2, -0.15) is 0 Å². The van der Waals surface area contributed by atoms with Crippen molar-refractivity contribution in [3.05, 3.63) is 44.3 Å². The molecule has 0 spiro atoms. The molecule has 1 aromatic heterocycles. The van der Waals surface area contributed by atoms with E-state index in [1.54, 1.807) is 6.92 Å². The van der Waals surface area contributed by atoms with Gasteiger partial charge in [0, 0.05) is 10.4 Å². The average molecular weight is 364 g/mol. The molecule has 2 aromatic rings. The number of hydrogen-bond donors (Lipinski definition) is 1. The minimum absolute atomic E-state index is 0.202. The fraction of sp³-hybridized carbons (Fsp3) is 0.167. The van der Waals surface area contributed by atoms with Gasteiger partial charge in [0.25, 0.3) is 10.0 Å². The molecule has 0 saturated carbocycles. The predicted octanol–water partition coefficient (Wildman–Crippen LogP) is 4.07. The largest absolute Gasteiger partial charge is 0.279 e. The Labute approximate surface area is 123 Å². The maximum atomic E-state index is 13.4. The summed E-state index contributed by atoms with van der Waals surface area (Å²) in [5.41, 5.74) is 0.528. The second kappa shape index (κ2) is 5.22. The Kier molecular flexibility index (Phi) is 3.98. The molecule has 19 heavy (non-hydrogen) atoms. The van der Waals surface area contributed by atoms with Gasteiger partial charge >= 0.3 is 0 Å². The number of anilines is 1. The van der Waals surface area contributed by atoms with E-state index in [4.69, 9.17) is 0 Å². The van der Waals surface area contributed by atoms with Crippen LogP contribution >= 0.6 is 27.3 Å². The molecule has 0 aliphatic heterocycles. The van der Waals surface area contributed by atoms with Crippen LogP contribution in [0.3, 0.4) is 0 Å². The molecule has 1 heterocycles. The fourth-order valence-electron chi connectivity index (χ4n) is 1.62. The Morgan fingerprint density at radius 2 is 2.00 bits per heavy atom. The molecule has 0 saturated heterocycles. The highest BCUT2D eigenvalue weighted by atomic mass is 79.9.